The summed E-state index contributed by atoms with van der Waals surface area (Å²) in [6, 6.07) is 0. The first kappa shape index (κ1) is 6.63. The smallest absolute Gasteiger partial charge is 0.122 e. The van der Waals surface area contributed by atoms with Gasteiger partial charge in [0, 0.05) is 13.0 Å². The molecule has 0 aromatic heterocycles. The molecule has 0 bridgehead atoms. The maximum atomic E-state index is 9.57. The van der Waals surface area contributed by atoms with Crippen molar-refractivity contribution in [3.63, 3.8) is 0 Å². The molecule has 0 saturated carbocycles. The van der Waals surface area contributed by atoms with Crippen LogP contribution in [0, 0.1) is 6.61 Å². The molecule has 2 heteroatoms. The van der Waals surface area contributed by atoms with E-state index >= 15 is 0 Å². The molecule has 0 aliphatic carbocycles. The van der Waals surface area contributed by atoms with Crippen molar-refractivity contribution < 1.29 is 9.53 Å². The fraction of sp³-hybridized carbons (Fsp3) is 0.600. The van der Waals surface area contributed by atoms with E-state index in [4.69, 9.17) is 4.74 Å². The highest BCUT2D eigenvalue weighted by Crippen LogP contribution is 1.82. The molecule has 41 valence electrons. The zero-order chi connectivity index (χ0) is 5.54. The first-order valence-corrected chi connectivity index (χ1v) is 2.28. The number of hydrogen-bond acceptors (Lipinski definition) is 2. The fourth-order valence-corrected chi connectivity index (χ4v) is 0.225. The second-order valence-corrected chi connectivity index (χ2v) is 1.02. The van der Waals surface area contributed by atoms with Crippen LogP contribution in [-0.2, 0) is 9.53 Å². The van der Waals surface area contributed by atoms with Gasteiger partial charge in [-0.05, 0) is 6.92 Å². The van der Waals surface area contributed by atoms with E-state index in [2.05, 4.69) is 0 Å². The molecule has 0 aliphatic rings. The average molecular weight is 101 g/mol. The van der Waals surface area contributed by atoms with E-state index < -0.39 is 0 Å². The van der Waals surface area contributed by atoms with E-state index in [1.54, 1.807) is 0 Å². The van der Waals surface area contributed by atoms with Gasteiger partial charge in [-0.2, -0.15) is 0 Å². The SMILES string of the molecule is CCO[CH]CC=O. The van der Waals surface area contributed by atoms with Crippen LogP contribution in [0.1, 0.15) is 13.3 Å². The highest BCUT2D eigenvalue weighted by molar-refractivity contribution is 5.50. The summed E-state index contributed by atoms with van der Waals surface area (Å²) < 4.78 is 4.72. The molecule has 0 aliphatic heterocycles. The lowest BCUT2D eigenvalue weighted by atomic mass is 10.5. The topological polar surface area (TPSA) is 26.3 Å². The molecule has 0 rings (SSSR count). The molecule has 1 radical (unpaired) electrons. The molecule has 0 heterocycles. The van der Waals surface area contributed by atoms with Crippen molar-refractivity contribution in [1.82, 2.24) is 0 Å². The van der Waals surface area contributed by atoms with Gasteiger partial charge in [0.25, 0.3) is 0 Å². The summed E-state index contributed by atoms with van der Waals surface area (Å²) in [6.45, 7) is 4.02. The predicted molar refractivity (Wildman–Crippen MR) is 26.6 cm³/mol. The van der Waals surface area contributed by atoms with E-state index in [-0.39, 0.29) is 0 Å². The van der Waals surface area contributed by atoms with Crippen molar-refractivity contribution in [2.75, 3.05) is 6.61 Å². The third-order valence-corrected chi connectivity index (χ3v) is 0.477. The van der Waals surface area contributed by atoms with Gasteiger partial charge in [0.2, 0.25) is 0 Å². The Morgan fingerprint density at radius 3 is 2.86 bits per heavy atom. The van der Waals surface area contributed by atoms with E-state index in [0.29, 0.717) is 13.0 Å². The summed E-state index contributed by atoms with van der Waals surface area (Å²) in [6.07, 6.45) is 1.20. The maximum absolute atomic E-state index is 9.57. The molecule has 0 spiro atoms. The quantitative estimate of drug-likeness (QED) is 0.386. The van der Waals surface area contributed by atoms with Gasteiger partial charge in [-0.3, -0.25) is 0 Å². The van der Waals surface area contributed by atoms with Crippen molar-refractivity contribution in [3.05, 3.63) is 6.61 Å². The van der Waals surface area contributed by atoms with Gasteiger partial charge < -0.3 is 9.53 Å². The van der Waals surface area contributed by atoms with Crippen LogP contribution in [0.3, 0.4) is 0 Å². The first-order chi connectivity index (χ1) is 3.41. The van der Waals surface area contributed by atoms with Crippen LogP contribution in [0.25, 0.3) is 0 Å². The van der Waals surface area contributed by atoms with Crippen LogP contribution >= 0.6 is 0 Å². The van der Waals surface area contributed by atoms with Crippen LogP contribution in [0.15, 0.2) is 0 Å². The van der Waals surface area contributed by atoms with E-state index in [0.717, 1.165) is 6.29 Å². The Bertz CT molecular complexity index is 43.3. The Morgan fingerprint density at radius 1 is 1.71 bits per heavy atom. The minimum Gasteiger partial charge on any atom is -0.375 e. The molecule has 0 fully saturated rings. The summed E-state index contributed by atoms with van der Waals surface area (Å²) in [4.78, 5) is 9.57. The van der Waals surface area contributed by atoms with Crippen LogP contribution in [0.5, 0.6) is 0 Å². The third kappa shape index (κ3) is 5.63. The molecule has 0 unspecified atom stereocenters. The van der Waals surface area contributed by atoms with Gasteiger partial charge in [-0.1, -0.05) is 0 Å². The number of carbonyl (C=O) groups is 1. The monoisotopic (exact) mass is 101 g/mol. The van der Waals surface area contributed by atoms with Crippen molar-refractivity contribution in [2.45, 2.75) is 13.3 Å². The lowest BCUT2D eigenvalue weighted by molar-refractivity contribution is -0.107. The number of carbonyl (C=O) groups excluding carboxylic acids is 1. The summed E-state index contributed by atoms with van der Waals surface area (Å²) in [5, 5.41) is 0. The Balaban J connectivity index is 2.56. The largest absolute Gasteiger partial charge is 0.375 e. The second-order valence-electron chi connectivity index (χ2n) is 1.02. The summed E-state index contributed by atoms with van der Waals surface area (Å²) >= 11 is 0. The zero-order valence-corrected chi connectivity index (χ0v) is 4.39. The molecule has 0 N–H and O–H groups in total. The summed E-state index contributed by atoms with van der Waals surface area (Å²) in [7, 11) is 0. The predicted octanol–water partition coefficient (Wildman–Crippen LogP) is 0.774. The normalized spacial score (nSPS) is 8.71. The first-order valence-electron chi connectivity index (χ1n) is 2.28. The standard InChI is InChI=1S/C5H9O2/c1-2-7-5-3-4-6/h4-5H,2-3H2,1H3. The van der Waals surface area contributed by atoms with Crippen molar-refractivity contribution in [1.29, 1.82) is 0 Å². The Hall–Kier alpha value is -0.370. The van der Waals surface area contributed by atoms with Gasteiger partial charge in [0.05, 0.1) is 6.61 Å². The van der Waals surface area contributed by atoms with Gasteiger partial charge in [0.1, 0.15) is 6.29 Å². The minimum atomic E-state index is 0.397. The lowest BCUT2D eigenvalue weighted by Crippen LogP contribution is -1.85. The fourth-order valence-electron chi connectivity index (χ4n) is 0.225. The van der Waals surface area contributed by atoms with Gasteiger partial charge in [-0.15, -0.1) is 0 Å². The van der Waals surface area contributed by atoms with E-state index in [1.165, 1.54) is 6.61 Å². The zero-order valence-electron chi connectivity index (χ0n) is 4.39. The highest BCUT2D eigenvalue weighted by Gasteiger charge is 1.79. The number of hydrogen-bond donors (Lipinski definition) is 0. The molecular weight excluding hydrogens is 92.1 g/mol. The van der Waals surface area contributed by atoms with Crippen LogP contribution in [-0.4, -0.2) is 12.9 Å². The number of ether oxygens (including phenoxy) is 1. The molecule has 0 amide bonds. The van der Waals surface area contributed by atoms with E-state index in [1.807, 2.05) is 6.92 Å². The molecule has 0 aromatic rings. The maximum Gasteiger partial charge on any atom is 0.122 e. The molecule has 0 aromatic carbocycles. The van der Waals surface area contributed by atoms with Gasteiger partial charge in [0.15, 0.2) is 0 Å². The van der Waals surface area contributed by atoms with Gasteiger partial charge >= 0.3 is 0 Å². The summed E-state index contributed by atoms with van der Waals surface area (Å²) in [5.41, 5.74) is 0. The molecular formula is C5H9O2. The van der Waals surface area contributed by atoms with Gasteiger partial charge in [-0.25, -0.2) is 0 Å². The second kappa shape index (κ2) is 5.63. The number of aldehydes is 1. The highest BCUT2D eigenvalue weighted by atomic mass is 16.5. The molecule has 2 nitrogen and oxygen atoms in total. The minimum absolute atomic E-state index is 0.397. The number of rotatable bonds is 4. The van der Waals surface area contributed by atoms with Crippen molar-refractivity contribution in [2.24, 2.45) is 0 Å². The van der Waals surface area contributed by atoms with Crippen molar-refractivity contribution >= 4 is 6.29 Å². The Morgan fingerprint density at radius 2 is 2.43 bits per heavy atom. The Labute approximate surface area is 43.5 Å². The van der Waals surface area contributed by atoms with E-state index in [9.17, 15) is 4.79 Å². The third-order valence-electron chi connectivity index (χ3n) is 0.477. The van der Waals surface area contributed by atoms with Crippen LogP contribution in [0.2, 0.25) is 0 Å². The molecule has 0 atom stereocenters. The molecule has 0 saturated heterocycles. The molecule has 7 heavy (non-hydrogen) atoms. The van der Waals surface area contributed by atoms with Crippen LogP contribution < -0.4 is 0 Å². The average Bonchev–Trinajstić information content (AvgIpc) is 1.69. The van der Waals surface area contributed by atoms with Crippen LogP contribution in [0.4, 0.5) is 0 Å². The van der Waals surface area contributed by atoms with Crippen molar-refractivity contribution in [3.8, 4) is 0 Å². The summed E-state index contributed by atoms with van der Waals surface area (Å²) in [5.74, 6) is 0. The Kier molecular flexibility index (Phi) is 5.33. The lowest BCUT2D eigenvalue weighted by Gasteiger charge is -1.89.